The first-order chi connectivity index (χ1) is 14.8. The van der Waals surface area contributed by atoms with Gasteiger partial charge in [-0.1, -0.05) is 29.3 Å². The Morgan fingerprint density at radius 2 is 1.90 bits per heavy atom. The molecule has 4 nitrogen and oxygen atoms in total. The molecule has 5 rings (SSSR count). The standard InChI is InChI=1S/C22H20Cl2F3N3O/c23-13-2-1-12-7-17-15(16(12)8-13)5-6-30(19(17)11-31)14-9-29(10-14)20-4-3-18(24)21(28-20)22(25,26)27/h1-4,8,14,19,31H,5-7,9-11H2. The number of hydrogen-bond acceptors (Lipinski definition) is 4. The Hall–Kier alpha value is -1.80. The van der Waals surface area contributed by atoms with Gasteiger partial charge in [0.2, 0.25) is 0 Å². The van der Waals surface area contributed by atoms with E-state index in [1.54, 1.807) is 0 Å². The average Bonchev–Trinajstić information content (AvgIpc) is 3.04. The normalized spacial score (nSPS) is 21.9. The zero-order valence-electron chi connectivity index (χ0n) is 16.5. The number of rotatable bonds is 3. The molecule has 2 aromatic rings. The zero-order valence-corrected chi connectivity index (χ0v) is 18.0. The smallest absolute Gasteiger partial charge is 0.394 e. The second-order valence-corrected chi connectivity index (χ2v) is 9.07. The maximum Gasteiger partial charge on any atom is 0.434 e. The lowest BCUT2D eigenvalue weighted by Crippen LogP contribution is -2.64. The number of hydrogen-bond donors (Lipinski definition) is 1. The van der Waals surface area contributed by atoms with Crippen LogP contribution in [0.15, 0.2) is 35.9 Å². The van der Waals surface area contributed by atoms with Gasteiger partial charge >= 0.3 is 6.18 Å². The molecule has 1 aromatic carbocycles. The highest BCUT2D eigenvalue weighted by Crippen LogP contribution is 2.43. The Morgan fingerprint density at radius 1 is 1.13 bits per heavy atom. The fraction of sp³-hybridized carbons (Fsp3) is 0.409. The van der Waals surface area contributed by atoms with Crippen LogP contribution < -0.4 is 4.90 Å². The van der Waals surface area contributed by atoms with Crippen LogP contribution in [0.2, 0.25) is 10.0 Å². The van der Waals surface area contributed by atoms with E-state index < -0.39 is 16.9 Å². The summed E-state index contributed by atoms with van der Waals surface area (Å²) in [6.45, 7) is 1.92. The molecule has 1 aromatic heterocycles. The molecule has 9 heteroatoms. The van der Waals surface area contributed by atoms with Crippen molar-refractivity contribution >= 4 is 34.6 Å². The Balaban J connectivity index is 1.32. The highest BCUT2D eigenvalue weighted by molar-refractivity contribution is 6.31. The van der Waals surface area contributed by atoms with Crippen molar-refractivity contribution in [2.75, 3.05) is 31.1 Å². The van der Waals surface area contributed by atoms with Crippen LogP contribution in [0.5, 0.6) is 0 Å². The Morgan fingerprint density at radius 3 is 2.61 bits per heavy atom. The molecular formula is C22H20Cl2F3N3O. The summed E-state index contributed by atoms with van der Waals surface area (Å²) in [6.07, 6.45) is -2.92. The molecule has 0 spiro atoms. The van der Waals surface area contributed by atoms with Gasteiger partial charge in [0.1, 0.15) is 5.82 Å². The lowest BCUT2D eigenvalue weighted by Gasteiger charge is -2.50. The topological polar surface area (TPSA) is 39.6 Å². The summed E-state index contributed by atoms with van der Waals surface area (Å²) in [5, 5.41) is 10.5. The van der Waals surface area contributed by atoms with Crippen LogP contribution in [0.25, 0.3) is 5.57 Å². The van der Waals surface area contributed by atoms with Crippen molar-refractivity contribution in [3.05, 3.63) is 62.8 Å². The first kappa shape index (κ1) is 21.1. The molecular weight excluding hydrogens is 450 g/mol. The highest BCUT2D eigenvalue weighted by atomic mass is 35.5. The zero-order chi connectivity index (χ0) is 21.9. The first-order valence-corrected chi connectivity index (χ1v) is 10.9. The van der Waals surface area contributed by atoms with E-state index in [1.807, 2.05) is 23.1 Å². The van der Waals surface area contributed by atoms with E-state index in [2.05, 4.69) is 9.88 Å². The van der Waals surface area contributed by atoms with Crippen molar-refractivity contribution < 1.29 is 18.3 Å². The molecule has 2 aliphatic heterocycles. The highest BCUT2D eigenvalue weighted by Gasteiger charge is 2.42. The number of aliphatic hydroxyl groups excluding tert-OH is 1. The SMILES string of the molecule is OCC1C2=C(CCN1C1CN(c3ccc(Cl)c(C(F)(F)F)n3)C1)c1cc(Cl)ccc1C2. The monoisotopic (exact) mass is 469 g/mol. The van der Waals surface area contributed by atoms with Gasteiger partial charge in [-0.15, -0.1) is 0 Å². The molecule has 1 aliphatic carbocycles. The predicted molar refractivity (Wildman–Crippen MR) is 115 cm³/mol. The van der Waals surface area contributed by atoms with Crippen molar-refractivity contribution in [1.82, 2.24) is 9.88 Å². The Labute approximate surface area is 187 Å². The Bertz CT molecular complexity index is 1070. The average molecular weight is 470 g/mol. The molecule has 1 atom stereocenters. The molecule has 0 saturated carbocycles. The van der Waals surface area contributed by atoms with Gasteiger partial charge in [0.25, 0.3) is 0 Å². The van der Waals surface area contributed by atoms with E-state index in [0.29, 0.717) is 18.1 Å². The summed E-state index contributed by atoms with van der Waals surface area (Å²) in [6, 6.07) is 8.75. The summed E-state index contributed by atoms with van der Waals surface area (Å²) in [5.41, 5.74) is 3.86. The minimum atomic E-state index is -4.59. The molecule has 0 amide bonds. The van der Waals surface area contributed by atoms with E-state index in [0.717, 1.165) is 19.4 Å². The first-order valence-electron chi connectivity index (χ1n) is 10.1. The fourth-order valence-corrected chi connectivity index (χ4v) is 5.38. The van der Waals surface area contributed by atoms with Gasteiger partial charge in [-0.3, -0.25) is 4.90 Å². The number of fused-ring (bicyclic) bond motifs is 2. The van der Waals surface area contributed by atoms with Crippen LogP contribution in [0, 0.1) is 0 Å². The van der Waals surface area contributed by atoms with Crippen molar-refractivity contribution in [2.24, 2.45) is 0 Å². The van der Waals surface area contributed by atoms with Crippen molar-refractivity contribution in [2.45, 2.75) is 31.1 Å². The van der Waals surface area contributed by atoms with Gasteiger partial charge in [-0.25, -0.2) is 4.98 Å². The summed E-state index contributed by atoms with van der Waals surface area (Å²) < 4.78 is 39.4. The largest absolute Gasteiger partial charge is 0.434 e. The third kappa shape index (κ3) is 3.61. The molecule has 0 bridgehead atoms. The number of nitrogens with zero attached hydrogens (tertiary/aromatic N) is 3. The molecule has 164 valence electrons. The van der Waals surface area contributed by atoms with Crippen molar-refractivity contribution in [1.29, 1.82) is 0 Å². The van der Waals surface area contributed by atoms with E-state index in [4.69, 9.17) is 23.2 Å². The van der Waals surface area contributed by atoms with Crippen molar-refractivity contribution in [3.63, 3.8) is 0 Å². The molecule has 1 N–H and O–H groups in total. The van der Waals surface area contributed by atoms with Crippen molar-refractivity contribution in [3.8, 4) is 0 Å². The van der Waals surface area contributed by atoms with Crippen LogP contribution in [-0.4, -0.2) is 53.3 Å². The maximum absolute atomic E-state index is 13.1. The summed E-state index contributed by atoms with van der Waals surface area (Å²) in [5.74, 6) is 0.272. The van der Waals surface area contributed by atoms with Gasteiger partial charge in [-0.2, -0.15) is 13.2 Å². The number of alkyl halides is 3. The van der Waals surface area contributed by atoms with E-state index in [-0.39, 0.29) is 24.5 Å². The molecule has 3 heterocycles. The summed E-state index contributed by atoms with van der Waals surface area (Å²) in [7, 11) is 0. The number of halogens is 5. The third-order valence-electron chi connectivity index (χ3n) is 6.52. The minimum Gasteiger partial charge on any atom is -0.394 e. The number of aromatic nitrogens is 1. The third-order valence-corrected chi connectivity index (χ3v) is 7.06. The van der Waals surface area contributed by atoms with Gasteiger partial charge in [-0.05, 0) is 59.4 Å². The van der Waals surface area contributed by atoms with Gasteiger partial charge in [0, 0.05) is 30.7 Å². The second-order valence-electron chi connectivity index (χ2n) is 8.22. The fourth-order valence-electron chi connectivity index (χ4n) is 4.99. The predicted octanol–water partition coefficient (Wildman–Crippen LogP) is 4.67. The minimum absolute atomic E-state index is 0.00840. The molecule has 3 aliphatic rings. The summed E-state index contributed by atoms with van der Waals surface area (Å²) >= 11 is 11.9. The quantitative estimate of drug-likeness (QED) is 0.708. The molecule has 1 fully saturated rings. The van der Waals surface area contributed by atoms with Gasteiger partial charge in [0.05, 0.1) is 17.7 Å². The van der Waals surface area contributed by atoms with Gasteiger partial charge in [0.15, 0.2) is 5.69 Å². The molecule has 0 radical (unpaired) electrons. The lowest BCUT2D eigenvalue weighted by molar-refractivity contribution is -0.141. The van der Waals surface area contributed by atoms with E-state index in [9.17, 15) is 18.3 Å². The van der Waals surface area contributed by atoms with Crippen LogP contribution >= 0.6 is 23.2 Å². The molecule has 1 saturated heterocycles. The number of aliphatic hydroxyl groups is 1. The van der Waals surface area contributed by atoms with Crippen LogP contribution in [0.3, 0.4) is 0 Å². The number of benzene rings is 1. The van der Waals surface area contributed by atoms with E-state index in [1.165, 1.54) is 34.4 Å². The molecule has 31 heavy (non-hydrogen) atoms. The summed E-state index contributed by atoms with van der Waals surface area (Å²) in [4.78, 5) is 7.85. The Kier molecular flexibility index (Phi) is 5.20. The lowest BCUT2D eigenvalue weighted by atomic mass is 9.90. The van der Waals surface area contributed by atoms with Crippen LogP contribution in [0.4, 0.5) is 19.0 Å². The van der Waals surface area contributed by atoms with Crippen LogP contribution in [-0.2, 0) is 12.6 Å². The molecule has 1 unspecified atom stereocenters. The maximum atomic E-state index is 13.1. The second kappa shape index (κ2) is 7.66. The van der Waals surface area contributed by atoms with Gasteiger partial charge < -0.3 is 10.0 Å². The number of pyridine rings is 1. The van der Waals surface area contributed by atoms with E-state index >= 15 is 0 Å². The van der Waals surface area contributed by atoms with Crippen LogP contribution in [0.1, 0.15) is 23.2 Å². The number of anilines is 1.